The maximum atomic E-state index is 12.3. The molecular weight excluding hydrogens is 368 g/mol. The lowest BCUT2D eigenvalue weighted by molar-refractivity contribution is 0.0398. The minimum Gasteiger partial charge on any atom is -0.495 e. The smallest absolute Gasteiger partial charge is 0.257 e. The number of nitrogens with one attached hydrogen (secondary N) is 2. The minimum atomic E-state index is -0.247. The second-order valence-electron chi connectivity index (χ2n) is 6.12. The van der Waals surface area contributed by atoms with Gasteiger partial charge in [-0.1, -0.05) is 11.6 Å². The van der Waals surface area contributed by atoms with Gasteiger partial charge in [0, 0.05) is 38.1 Å². The van der Waals surface area contributed by atoms with E-state index in [9.17, 15) is 4.79 Å². The number of ether oxygens (including phenoxy) is 2. The van der Waals surface area contributed by atoms with Crippen LogP contribution >= 0.6 is 11.6 Å². The summed E-state index contributed by atoms with van der Waals surface area (Å²) in [5, 5.41) is 6.51. The van der Waals surface area contributed by atoms with E-state index in [-0.39, 0.29) is 5.91 Å². The number of pyridine rings is 1. The summed E-state index contributed by atoms with van der Waals surface area (Å²) in [6.45, 7) is 5.24. The van der Waals surface area contributed by atoms with E-state index in [1.165, 1.54) is 0 Å². The van der Waals surface area contributed by atoms with Crippen molar-refractivity contribution in [1.82, 2.24) is 9.88 Å². The van der Waals surface area contributed by atoms with E-state index in [4.69, 9.17) is 21.1 Å². The van der Waals surface area contributed by atoms with Crippen molar-refractivity contribution in [2.75, 3.05) is 57.1 Å². The number of methoxy groups -OCH3 is 1. The number of carbonyl (C=O) groups excluding carboxylic acids is 1. The standard InChI is InChI=1S/C19H23ClN4O3/c1-26-17-4-3-15(12-16(17)20)23-19(25)14-2-5-18(22-13-14)21-6-7-24-8-10-27-11-9-24/h2-5,12-13H,6-11H2,1H3,(H,21,22)(H,23,25). The van der Waals surface area contributed by atoms with Crippen LogP contribution in [0.2, 0.25) is 5.02 Å². The van der Waals surface area contributed by atoms with Crippen molar-refractivity contribution in [1.29, 1.82) is 0 Å². The molecule has 0 bridgehead atoms. The third-order valence-electron chi connectivity index (χ3n) is 4.27. The van der Waals surface area contributed by atoms with E-state index in [0.717, 1.165) is 45.2 Å². The molecule has 0 unspecified atom stereocenters. The van der Waals surface area contributed by atoms with Crippen molar-refractivity contribution in [2.24, 2.45) is 0 Å². The fourth-order valence-electron chi connectivity index (χ4n) is 2.75. The molecule has 8 heteroatoms. The highest BCUT2D eigenvalue weighted by Gasteiger charge is 2.11. The zero-order chi connectivity index (χ0) is 19.1. The van der Waals surface area contributed by atoms with Gasteiger partial charge in [0.15, 0.2) is 0 Å². The average Bonchev–Trinajstić information content (AvgIpc) is 2.69. The molecule has 1 aliphatic rings. The second kappa shape index (κ2) is 9.55. The summed E-state index contributed by atoms with van der Waals surface area (Å²) in [5.41, 5.74) is 1.07. The lowest BCUT2D eigenvalue weighted by Crippen LogP contribution is -2.39. The van der Waals surface area contributed by atoms with Crippen molar-refractivity contribution < 1.29 is 14.3 Å². The Balaban J connectivity index is 1.50. The van der Waals surface area contributed by atoms with Crippen molar-refractivity contribution in [3.05, 3.63) is 47.1 Å². The predicted molar refractivity (Wildman–Crippen MR) is 106 cm³/mol. The summed E-state index contributed by atoms with van der Waals surface area (Å²) in [6, 6.07) is 8.63. The Morgan fingerprint density at radius 1 is 1.30 bits per heavy atom. The van der Waals surface area contributed by atoms with Gasteiger partial charge in [-0.25, -0.2) is 4.98 Å². The van der Waals surface area contributed by atoms with E-state index in [1.807, 2.05) is 0 Å². The quantitative estimate of drug-likeness (QED) is 0.757. The lowest BCUT2D eigenvalue weighted by atomic mass is 10.2. The molecule has 3 rings (SSSR count). The predicted octanol–water partition coefficient (Wildman–Crippen LogP) is 2.74. The molecule has 2 aromatic rings. The molecule has 1 saturated heterocycles. The van der Waals surface area contributed by atoms with E-state index in [2.05, 4.69) is 20.5 Å². The average molecular weight is 391 g/mol. The van der Waals surface area contributed by atoms with Gasteiger partial charge in [-0.2, -0.15) is 0 Å². The Morgan fingerprint density at radius 3 is 2.78 bits per heavy atom. The number of morpholine rings is 1. The van der Waals surface area contributed by atoms with Crippen LogP contribution in [0, 0.1) is 0 Å². The SMILES string of the molecule is COc1ccc(NC(=O)c2ccc(NCCN3CCOCC3)nc2)cc1Cl. The molecular formula is C19H23ClN4O3. The lowest BCUT2D eigenvalue weighted by Gasteiger charge is -2.26. The molecule has 7 nitrogen and oxygen atoms in total. The van der Waals surface area contributed by atoms with E-state index >= 15 is 0 Å². The van der Waals surface area contributed by atoms with E-state index < -0.39 is 0 Å². The van der Waals surface area contributed by atoms with Crippen LogP contribution in [0.5, 0.6) is 5.75 Å². The van der Waals surface area contributed by atoms with Crippen LogP contribution < -0.4 is 15.4 Å². The molecule has 0 atom stereocenters. The molecule has 2 N–H and O–H groups in total. The summed E-state index contributed by atoms with van der Waals surface area (Å²) >= 11 is 6.08. The van der Waals surface area contributed by atoms with E-state index in [1.54, 1.807) is 43.6 Å². The summed E-state index contributed by atoms with van der Waals surface area (Å²) in [6.07, 6.45) is 1.55. The molecule has 1 fully saturated rings. The van der Waals surface area contributed by atoms with Gasteiger partial charge in [0.1, 0.15) is 11.6 Å². The number of amides is 1. The number of aromatic nitrogens is 1. The molecule has 1 aromatic heterocycles. The first-order valence-electron chi connectivity index (χ1n) is 8.80. The third kappa shape index (κ3) is 5.56. The van der Waals surface area contributed by atoms with Crippen LogP contribution in [0.3, 0.4) is 0 Å². The summed E-state index contributed by atoms with van der Waals surface area (Å²) in [4.78, 5) is 19.0. The zero-order valence-corrected chi connectivity index (χ0v) is 16.0. The minimum absolute atomic E-state index is 0.247. The number of hydrogen-bond acceptors (Lipinski definition) is 6. The highest BCUT2D eigenvalue weighted by Crippen LogP contribution is 2.27. The molecule has 2 heterocycles. The van der Waals surface area contributed by atoms with Gasteiger partial charge in [0.2, 0.25) is 0 Å². The number of rotatable bonds is 7. The van der Waals surface area contributed by atoms with Gasteiger partial charge in [-0.05, 0) is 30.3 Å². The summed E-state index contributed by atoms with van der Waals surface area (Å²) in [7, 11) is 1.54. The number of hydrogen-bond donors (Lipinski definition) is 2. The van der Waals surface area contributed by atoms with Crippen LogP contribution in [0.15, 0.2) is 36.5 Å². The molecule has 27 heavy (non-hydrogen) atoms. The van der Waals surface area contributed by atoms with Gasteiger partial charge < -0.3 is 20.1 Å². The second-order valence-corrected chi connectivity index (χ2v) is 6.52. The maximum absolute atomic E-state index is 12.3. The van der Waals surface area contributed by atoms with Crippen LogP contribution in [-0.4, -0.2) is 62.3 Å². The fourth-order valence-corrected chi connectivity index (χ4v) is 3.00. The molecule has 1 aliphatic heterocycles. The van der Waals surface area contributed by atoms with Crippen LogP contribution in [0.4, 0.5) is 11.5 Å². The van der Waals surface area contributed by atoms with Crippen molar-refractivity contribution in [3.8, 4) is 5.75 Å². The molecule has 1 aromatic carbocycles. The monoisotopic (exact) mass is 390 g/mol. The largest absolute Gasteiger partial charge is 0.495 e. The first kappa shape index (κ1) is 19.4. The molecule has 1 amide bonds. The maximum Gasteiger partial charge on any atom is 0.257 e. The first-order chi connectivity index (χ1) is 13.2. The van der Waals surface area contributed by atoms with E-state index in [0.29, 0.717) is 22.0 Å². The van der Waals surface area contributed by atoms with Gasteiger partial charge in [-0.15, -0.1) is 0 Å². The van der Waals surface area contributed by atoms with Crippen molar-refractivity contribution in [3.63, 3.8) is 0 Å². The topological polar surface area (TPSA) is 75.7 Å². The zero-order valence-electron chi connectivity index (χ0n) is 15.2. The Bertz CT molecular complexity index is 764. The molecule has 0 saturated carbocycles. The molecule has 0 aliphatic carbocycles. The number of carbonyl (C=O) groups is 1. The van der Waals surface area contributed by atoms with Gasteiger partial charge in [-0.3, -0.25) is 9.69 Å². The summed E-state index contributed by atoms with van der Waals surface area (Å²) in [5.74, 6) is 1.06. The first-order valence-corrected chi connectivity index (χ1v) is 9.18. The Morgan fingerprint density at radius 2 is 2.11 bits per heavy atom. The van der Waals surface area contributed by atoms with Crippen LogP contribution in [-0.2, 0) is 4.74 Å². The highest BCUT2D eigenvalue weighted by atomic mass is 35.5. The normalized spacial score (nSPS) is 14.6. The molecule has 0 radical (unpaired) electrons. The Hall–Kier alpha value is -2.35. The Kier molecular flexibility index (Phi) is 6.86. The van der Waals surface area contributed by atoms with Gasteiger partial charge >= 0.3 is 0 Å². The third-order valence-corrected chi connectivity index (χ3v) is 4.57. The number of nitrogens with zero attached hydrogens (tertiary/aromatic N) is 2. The highest BCUT2D eigenvalue weighted by molar-refractivity contribution is 6.32. The van der Waals surface area contributed by atoms with Crippen LogP contribution in [0.1, 0.15) is 10.4 Å². The molecule has 144 valence electrons. The van der Waals surface area contributed by atoms with Crippen LogP contribution in [0.25, 0.3) is 0 Å². The van der Waals surface area contributed by atoms with Crippen molar-refractivity contribution in [2.45, 2.75) is 0 Å². The van der Waals surface area contributed by atoms with Gasteiger partial charge in [0.25, 0.3) is 5.91 Å². The Labute approximate surface area is 163 Å². The molecule has 0 spiro atoms. The summed E-state index contributed by atoms with van der Waals surface area (Å²) < 4.78 is 10.4. The van der Waals surface area contributed by atoms with Crippen molar-refractivity contribution >= 4 is 29.0 Å². The van der Waals surface area contributed by atoms with Gasteiger partial charge in [0.05, 0.1) is 30.9 Å². The number of benzene rings is 1. The fraction of sp³-hybridized carbons (Fsp3) is 0.368. The number of halogens is 1. The number of anilines is 2.